The van der Waals surface area contributed by atoms with E-state index in [1.807, 2.05) is 0 Å². The largest absolute Gasteiger partial charge is 0.326 e. The van der Waals surface area contributed by atoms with Crippen LogP contribution >= 0.6 is 11.6 Å². The molecule has 1 aromatic rings. The molecule has 1 aromatic carbocycles. The predicted molar refractivity (Wildman–Crippen MR) is 52.0 cm³/mol. The van der Waals surface area contributed by atoms with Gasteiger partial charge in [-0.15, -0.1) is 0 Å². The molecule has 0 spiro atoms. The average molecular weight is 203 g/mol. The molecule has 0 saturated heterocycles. The molecule has 0 fully saturated rings. The highest BCUT2D eigenvalue weighted by atomic mass is 35.5. The summed E-state index contributed by atoms with van der Waals surface area (Å²) < 4.78 is 12.8. The van der Waals surface area contributed by atoms with Crippen molar-refractivity contribution in [3.05, 3.63) is 34.6 Å². The Morgan fingerprint density at radius 3 is 2.46 bits per heavy atom. The van der Waals surface area contributed by atoms with Crippen molar-refractivity contribution in [2.45, 2.75) is 19.0 Å². The SMILES string of the molecule is CC(N)C(N)c1ccc(F)c(Cl)c1. The predicted octanol–water partition coefficient (Wildman–Crippen LogP) is 1.83. The van der Waals surface area contributed by atoms with Gasteiger partial charge in [0.1, 0.15) is 5.82 Å². The maximum atomic E-state index is 12.8. The summed E-state index contributed by atoms with van der Waals surface area (Å²) in [7, 11) is 0. The molecule has 4 heteroatoms. The van der Waals surface area contributed by atoms with Gasteiger partial charge in [-0.2, -0.15) is 0 Å². The number of benzene rings is 1. The van der Waals surface area contributed by atoms with E-state index in [2.05, 4.69) is 0 Å². The lowest BCUT2D eigenvalue weighted by Crippen LogP contribution is -2.31. The van der Waals surface area contributed by atoms with Crippen LogP contribution in [0.3, 0.4) is 0 Å². The zero-order valence-corrected chi connectivity index (χ0v) is 8.05. The lowest BCUT2D eigenvalue weighted by Gasteiger charge is -2.16. The topological polar surface area (TPSA) is 52.0 Å². The normalized spacial score (nSPS) is 15.5. The molecule has 1 rings (SSSR count). The van der Waals surface area contributed by atoms with E-state index in [4.69, 9.17) is 23.1 Å². The van der Waals surface area contributed by atoms with Crippen LogP contribution in [0.1, 0.15) is 18.5 Å². The first-order valence-corrected chi connectivity index (χ1v) is 4.36. The van der Waals surface area contributed by atoms with Gasteiger partial charge in [-0.25, -0.2) is 4.39 Å². The monoisotopic (exact) mass is 202 g/mol. The maximum Gasteiger partial charge on any atom is 0.141 e. The minimum atomic E-state index is -0.442. The number of rotatable bonds is 2. The molecular formula is C9H12ClFN2. The van der Waals surface area contributed by atoms with Crippen molar-refractivity contribution in [2.75, 3.05) is 0 Å². The van der Waals surface area contributed by atoms with Gasteiger partial charge in [0.05, 0.1) is 5.02 Å². The van der Waals surface area contributed by atoms with Crippen LogP contribution < -0.4 is 11.5 Å². The highest BCUT2D eigenvalue weighted by Crippen LogP contribution is 2.20. The van der Waals surface area contributed by atoms with Crippen molar-refractivity contribution in [1.29, 1.82) is 0 Å². The summed E-state index contributed by atoms with van der Waals surface area (Å²) in [5, 5.41) is 0.0774. The highest BCUT2D eigenvalue weighted by molar-refractivity contribution is 6.30. The second-order valence-electron chi connectivity index (χ2n) is 3.06. The summed E-state index contributed by atoms with van der Waals surface area (Å²) in [6, 6.07) is 3.90. The summed E-state index contributed by atoms with van der Waals surface area (Å²) >= 11 is 5.59. The van der Waals surface area contributed by atoms with Crippen molar-refractivity contribution in [1.82, 2.24) is 0 Å². The maximum absolute atomic E-state index is 12.8. The Hall–Kier alpha value is -0.640. The first kappa shape index (κ1) is 10.4. The molecule has 0 radical (unpaired) electrons. The van der Waals surface area contributed by atoms with Crippen LogP contribution in [0.4, 0.5) is 4.39 Å². The second kappa shape index (κ2) is 4.05. The molecule has 0 saturated carbocycles. The van der Waals surface area contributed by atoms with Crippen LogP contribution in [-0.2, 0) is 0 Å². The average Bonchev–Trinajstić information content (AvgIpc) is 2.08. The summed E-state index contributed by atoms with van der Waals surface area (Å²) in [5.41, 5.74) is 12.1. The fourth-order valence-corrected chi connectivity index (χ4v) is 1.21. The van der Waals surface area contributed by atoms with E-state index in [1.54, 1.807) is 13.0 Å². The Balaban J connectivity index is 2.97. The van der Waals surface area contributed by atoms with Gasteiger partial charge < -0.3 is 11.5 Å². The summed E-state index contributed by atoms with van der Waals surface area (Å²) in [6.07, 6.45) is 0. The van der Waals surface area contributed by atoms with Gasteiger partial charge >= 0.3 is 0 Å². The highest BCUT2D eigenvalue weighted by Gasteiger charge is 2.12. The molecule has 0 heterocycles. The number of nitrogens with two attached hydrogens (primary N) is 2. The van der Waals surface area contributed by atoms with E-state index in [9.17, 15) is 4.39 Å². The summed E-state index contributed by atoms with van der Waals surface area (Å²) in [4.78, 5) is 0. The van der Waals surface area contributed by atoms with E-state index >= 15 is 0 Å². The van der Waals surface area contributed by atoms with Crippen molar-refractivity contribution in [2.24, 2.45) is 11.5 Å². The molecule has 4 N–H and O–H groups in total. The third-order valence-electron chi connectivity index (χ3n) is 1.90. The molecule has 2 unspecified atom stereocenters. The lowest BCUT2D eigenvalue weighted by atomic mass is 10.0. The Morgan fingerprint density at radius 2 is 2.00 bits per heavy atom. The fourth-order valence-electron chi connectivity index (χ4n) is 1.02. The van der Waals surface area contributed by atoms with Gasteiger partial charge in [0.15, 0.2) is 0 Å². The first-order valence-electron chi connectivity index (χ1n) is 3.98. The first-order chi connectivity index (χ1) is 6.02. The molecule has 0 aliphatic rings. The van der Waals surface area contributed by atoms with Crippen LogP contribution in [0.25, 0.3) is 0 Å². The van der Waals surface area contributed by atoms with Gasteiger partial charge in [-0.3, -0.25) is 0 Å². The van der Waals surface area contributed by atoms with Crippen molar-refractivity contribution in [3.8, 4) is 0 Å². The van der Waals surface area contributed by atoms with Crippen LogP contribution in [0.15, 0.2) is 18.2 Å². The van der Waals surface area contributed by atoms with Gasteiger partial charge in [0.25, 0.3) is 0 Å². The van der Waals surface area contributed by atoms with Crippen LogP contribution in [0.2, 0.25) is 5.02 Å². The lowest BCUT2D eigenvalue weighted by molar-refractivity contribution is 0.584. The molecule has 0 bridgehead atoms. The van der Waals surface area contributed by atoms with E-state index < -0.39 is 5.82 Å². The van der Waals surface area contributed by atoms with Gasteiger partial charge in [-0.05, 0) is 24.6 Å². The van der Waals surface area contributed by atoms with E-state index in [1.165, 1.54) is 12.1 Å². The molecule has 2 nitrogen and oxygen atoms in total. The van der Waals surface area contributed by atoms with Gasteiger partial charge in [-0.1, -0.05) is 17.7 Å². The smallest absolute Gasteiger partial charge is 0.141 e. The minimum Gasteiger partial charge on any atom is -0.326 e. The van der Waals surface area contributed by atoms with Crippen LogP contribution in [-0.4, -0.2) is 6.04 Å². The Labute approximate surface area is 81.7 Å². The quantitative estimate of drug-likeness (QED) is 0.769. The third kappa shape index (κ3) is 2.40. The minimum absolute atomic E-state index is 0.0774. The molecule has 0 aromatic heterocycles. The number of hydrogen-bond acceptors (Lipinski definition) is 2. The zero-order chi connectivity index (χ0) is 10.0. The van der Waals surface area contributed by atoms with Gasteiger partial charge in [0.2, 0.25) is 0 Å². The van der Waals surface area contributed by atoms with E-state index in [-0.39, 0.29) is 17.1 Å². The second-order valence-corrected chi connectivity index (χ2v) is 3.47. The fraction of sp³-hybridized carbons (Fsp3) is 0.333. The molecule has 0 amide bonds. The molecule has 72 valence electrons. The molecule has 13 heavy (non-hydrogen) atoms. The Kier molecular flexibility index (Phi) is 3.25. The van der Waals surface area contributed by atoms with Crippen LogP contribution in [0, 0.1) is 5.82 Å². The summed E-state index contributed by atoms with van der Waals surface area (Å²) in [6.45, 7) is 1.79. The Bertz CT molecular complexity index is 302. The molecule has 0 aliphatic heterocycles. The van der Waals surface area contributed by atoms with Crippen molar-refractivity contribution in [3.63, 3.8) is 0 Å². The van der Waals surface area contributed by atoms with Crippen molar-refractivity contribution < 1.29 is 4.39 Å². The van der Waals surface area contributed by atoms with E-state index in [0.717, 1.165) is 5.56 Å². The summed E-state index contributed by atoms with van der Waals surface area (Å²) in [5.74, 6) is -0.442. The van der Waals surface area contributed by atoms with Crippen molar-refractivity contribution >= 4 is 11.6 Å². The molecular weight excluding hydrogens is 191 g/mol. The standard InChI is InChI=1S/C9H12ClFN2/c1-5(12)9(13)6-2-3-8(11)7(10)4-6/h2-5,9H,12-13H2,1H3. The zero-order valence-electron chi connectivity index (χ0n) is 7.30. The van der Waals surface area contributed by atoms with Crippen LogP contribution in [0.5, 0.6) is 0 Å². The Morgan fingerprint density at radius 1 is 1.38 bits per heavy atom. The third-order valence-corrected chi connectivity index (χ3v) is 2.18. The molecule has 2 atom stereocenters. The molecule has 0 aliphatic carbocycles. The number of hydrogen-bond donors (Lipinski definition) is 2. The van der Waals surface area contributed by atoms with Gasteiger partial charge in [0, 0.05) is 12.1 Å². The number of halogens is 2. The van der Waals surface area contributed by atoms with E-state index in [0.29, 0.717) is 0 Å².